The van der Waals surface area contributed by atoms with Crippen molar-refractivity contribution >= 4 is 17.2 Å². The van der Waals surface area contributed by atoms with Crippen molar-refractivity contribution in [1.82, 2.24) is 10.3 Å². The van der Waals surface area contributed by atoms with Gasteiger partial charge in [0, 0.05) is 12.0 Å². The van der Waals surface area contributed by atoms with Gasteiger partial charge in [0.2, 0.25) is 5.91 Å². The number of nitrogens with one attached hydrogen (secondary N) is 1. The van der Waals surface area contributed by atoms with Gasteiger partial charge in [0.1, 0.15) is 10.8 Å². The number of hydrogen-bond acceptors (Lipinski definition) is 3. The van der Waals surface area contributed by atoms with Gasteiger partial charge < -0.3 is 5.32 Å². The smallest absolute Gasteiger partial charge is 0.220 e. The van der Waals surface area contributed by atoms with Crippen LogP contribution in [0.4, 0.5) is 4.39 Å². The first-order valence-electron chi connectivity index (χ1n) is 9.00. The molecule has 140 valence electrons. The third-order valence-corrected chi connectivity index (χ3v) is 5.82. The maximum atomic E-state index is 13.2. The SMILES string of the molecule is Cc1ccc(-c2nc(C)c(C(C)NC(=O)CCc3cccc(F)c3)s2)cc1. The standard InChI is InChI=1S/C22H23FN2OS/c1-14-7-10-18(11-8-14)22-25-16(3)21(27-22)15(2)24-20(26)12-9-17-5-4-6-19(23)13-17/h4-8,10-11,13,15H,9,12H2,1-3H3,(H,24,26). The Morgan fingerprint density at radius 3 is 2.63 bits per heavy atom. The van der Waals surface area contributed by atoms with E-state index in [1.807, 2.05) is 19.9 Å². The zero-order chi connectivity index (χ0) is 19.4. The fraction of sp³-hybridized carbons (Fsp3) is 0.273. The Kier molecular flexibility index (Phi) is 6.01. The Morgan fingerprint density at radius 1 is 1.19 bits per heavy atom. The largest absolute Gasteiger partial charge is 0.349 e. The Hall–Kier alpha value is -2.53. The van der Waals surface area contributed by atoms with E-state index in [2.05, 4.69) is 41.5 Å². The fourth-order valence-electron chi connectivity index (χ4n) is 2.96. The van der Waals surface area contributed by atoms with Crippen molar-refractivity contribution in [2.24, 2.45) is 0 Å². The monoisotopic (exact) mass is 382 g/mol. The number of carbonyl (C=O) groups is 1. The molecule has 0 radical (unpaired) electrons. The van der Waals surface area contributed by atoms with Crippen molar-refractivity contribution in [2.75, 3.05) is 0 Å². The summed E-state index contributed by atoms with van der Waals surface area (Å²) in [6.07, 6.45) is 0.850. The molecule has 1 amide bonds. The maximum absolute atomic E-state index is 13.2. The van der Waals surface area contributed by atoms with Crippen LogP contribution in [-0.2, 0) is 11.2 Å². The van der Waals surface area contributed by atoms with Crippen LogP contribution in [0.5, 0.6) is 0 Å². The molecule has 0 spiro atoms. The van der Waals surface area contributed by atoms with Crippen molar-refractivity contribution in [3.05, 3.63) is 76.0 Å². The minimum absolute atomic E-state index is 0.0450. The van der Waals surface area contributed by atoms with E-state index in [9.17, 15) is 9.18 Å². The highest BCUT2D eigenvalue weighted by atomic mass is 32.1. The second kappa shape index (κ2) is 8.44. The first kappa shape index (κ1) is 19.2. The van der Waals surface area contributed by atoms with E-state index in [4.69, 9.17) is 0 Å². The van der Waals surface area contributed by atoms with Gasteiger partial charge in [-0.25, -0.2) is 9.37 Å². The molecule has 5 heteroatoms. The number of nitrogens with zero attached hydrogens (tertiary/aromatic N) is 1. The van der Waals surface area contributed by atoms with Gasteiger partial charge in [-0.05, 0) is 44.9 Å². The molecular formula is C22H23FN2OS. The maximum Gasteiger partial charge on any atom is 0.220 e. The number of amides is 1. The molecule has 3 nitrogen and oxygen atoms in total. The summed E-state index contributed by atoms with van der Waals surface area (Å²) in [7, 11) is 0. The zero-order valence-corrected chi connectivity index (χ0v) is 16.6. The van der Waals surface area contributed by atoms with Gasteiger partial charge >= 0.3 is 0 Å². The van der Waals surface area contributed by atoms with E-state index in [0.29, 0.717) is 12.8 Å². The lowest BCUT2D eigenvalue weighted by Gasteiger charge is -2.13. The Balaban J connectivity index is 1.62. The van der Waals surface area contributed by atoms with Crippen molar-refractivity contribution in [3.8, 4) is 10.6 Å². The minimum atomic E-state index is -0.273. The van der Waals surface area contributed by atoms with Gasteiger partial charge in [-0.3, -0.25) is 4.79 Å². The third-order valence-electron chi connectivity index (χ3n) is 4.43. The highest BCUT2D eigenvalue weighted by Crippen LogP contribution is 2.31. The second-order valence-corrected chi connectivity index (χ2v) is 7.78. The molecular weight excluding hydrogens is 359 g/mol. The van der Waals surface area contributed by atoms with E-state index < -0.39 is 0 Å². The molecule has 0 saturated heterocycles. The number of rotatable bonds is 6. The minimum Gasteiger partial charge on any atom is -0.349 e. The predicted molar refractivity (Wildman–Crippen MR) is 108 cm³/mol. The lowest BCUT2D eigenvalue weighted by atomic mass is 10.1. The van der Waals surface area contributed by atoms with E-state index in [0.717, 1.165) is 26.7 Å². The normalized spacial score (nSPS) is 12.0. The van der Waals surface area contributed by atoms with Gasteiger partial charge in [0.05, 0.1) is 16.6 Å². The molecule has 0 aliphatic heterocycles. The van der Waals surface area contributed by atoms with Crippen LogP contribution >= 0.6 is 11.3 Å². The predicted octanol–water partition coefficient (Wildman–Crippen LogP) is 5.38. The number of aryl methyl sites for hydroxylation is 3. The third kappa shape index (κ3) is 5.01. The van der Waals surface area contributed by atoms with Gasteiger partial charge in [-0.15, -0.1) is 11.3 Å². The Bertz CT molecular complexity index is 934. The Morgan fingerprint density at radius 2 is 1.93 bits per heavy atom. The topological polar surface area (TPSA) is 42.0 Å². The summed E-state index contributed by atoms with van der Waals surface area (Å²) in [4.78, 5) is 18.0. The second-order valence-electron chi connectivity index (χ2n) is 6.75. The molecule has 0 fully saturated rings. The molecule has 27 heavy (non-hydrogen) atoms. The van der Waals surface area contributed by atoms with Crippen LogP contribution in [0.2, 0.25) is 0 Å². The number of hydrogen-bond donors (Lipinski definition) is 1. The molecule has 3 aromatic rings. The van der Waals surface area contributed by atoms with Crippen LogP contribution in [0.3, 0.4) is 0 Å². The number of halogens is 1. The quantitative estimate of drug-likeness (QED) is 0.622. The van der Waals surface area contributed by atoms with Crippen molar-refractivity contribution in [2.45, 2.75) is 39.7 Å². The molecule has 0 aliphatic rings. The first-order valence-corrected chi connectivity index (χ1v) is 9.82. The zero-order valence-electron chi connectivity index (χ0n) is 15.8. The summed E-state index contributed by atoms with van der Waals surface area (Å²) >= 11 is 1.61. The molecule has 3 rings (SSSR count). The first-order chi connectivity index (χ1) is 12.9. The molecule has 0 saturated carbocycles. The fourth-order valence-corrected chi connectivity index (χ4v) is 4.03. The molecule has 1 N–H and O–H groups in total. The number of aromatic nitrogens is 1. The summed E-state index contributed by atoms with van der Waals surface area (Å²) in [5.41, 5.74) is 4.07. The summed E-state index contributed by atoms with van der Waals surface area (Å²) in [5, 5.41) is 3.99. The van der Waals surface area contributed by atoms with Crippen LogP contribution in [-0.4, -0.2) is 10.9 Å². The van der Waals surface area contributed by atoms with Gasteiger partial charge in [-0.2, -0.15) is 0 Å². The lowest BCUT2D eigenvalue weighted by molar-refractivity contribution is -0.121. The molecule has 0 aliphatic carbocycles. The van der Waals surface area contributed by atoms with Crippen molar-refractivity contribution in [3.63, 3.8) is 0 Å². The summed E-state index contributed by atoms with van der Waals surface area (Å²) in [6.45, 7) is 6.00. The molecule has 2 aromatic carbocycles. The average molecular weight is 383 g/mol. The highest BCUT2D eigenvalue weighted by molar-refractivity contribution is 7.15. The summed E-state index contributed by atoms with van der Waals surface area (Å²) < 4.78 is 13.2. The van der Waals surface area contributed by atoms with Crippen LogP contribution in [0.1, 0.15) is 41.1 Å². The van der Waals surface area contributed by atoms with E-state index in [1.54, 1.807) is 17.4 Å². The molecule has 1 aromatic heterocycles. The average Bonchev–Trinajstić information content (AvgIpc) is 3.02. The van der Waals surface area contributed by atoms with Crippen LogP contribution in [0.15, 0.2) is 48.5 Å². The van der Waals surface area contributed by atoms with Crippen LogP contribution in [0.25, 0.3) is 10.6 Å². The summed E-state index contributed by atoms with van der Waals surface area (Å²) in [6, 6.07) is 14.6. The highest BCUT2D eigenvalue weighted by Gasteiger charge is 2.17. The molecule has 1 heterocycles. The number of carbonyl (C=O) groups excluding carboxylic acids is 1. The van der Waals surface area contributed by atoms with Crippen molar-refractivity contribution < 1.29 is 9.18 Å². The van der Waals surface area contributed by atoms with Crippen LogP contribution < -0.4 is 5.32 Å². The number of benzene rings is 2. The molecule has 1 unspecified atom stereocenters. The van der Waals surface area contributed by atoms with E-state index in [-0.39, 0.29) is 17.8 Å². The Labute approximate surface area is 163 Å². The number of thiazole rings is 1. The summed E-state index contributed by atoms with van der Waals surface area (Å²) in [5.74, 6) is -0.318. The van der Waals surface area contributed by atoms with Gasteiger partial charge in [-0.1, -0.05) is 42.0 Å². The van der Waals surface area contributed by atoms with Crippen LogP contribution in [0, 0.1) is 19.7 Å². The molecule has 1 atom stereocenters. The van der Waals surface area contributed by atoms with E-state index in [1.165, 1.54) is 17.7 Å². The van der Waals surface area contributed by atoms with Gasteiger partial charge in [0.15, 0.2) is 0 Å². The lowest BCUT2D eigenvalue weighted by Crippen LogP contribution is -2.26. The van der Waals surface area contributed by atoms with Gasteiger partial charge in [0.25, 0.3) is 0 Å². The molecule has 0 bridgehead atoms. The van der Waals surface area contributed by atoms with E-state index >= 15 is 0 Å². The van der Waals surface area contributed by atoms with Crippen molar-refractivity contribution in [1.29, 1.82) is 0 Å².